The van der Waals surface area contributed by atoms with E-state index >= 15 is 0 Å². The van der Waals surface area contributed by atoms with Crippen LogP contribution in [0, 0.1) is 0 Å². The molecular weight excluding hydrogens is 653 g/mol. The fraction of sp³-hybridized carbons (Fsp3) is 0.900. The molecule has 0 rings (SSSR count). The minimum Gasteiger partial charge on any atom is -0.462 e. The van der Waals surface area contributed by atoms with Crippen LogP contribution in [0.1, 0.15) is 200 Å². The molecule has 0 fully saturated rings. The third kappa shape index (κ3) is 36.5. The van der Waals surface area contributed by atoms with Gasteiger partial charge in [0, 0.05) is 19.4 Å². The first-order chi connectivity index (χ1) is 24.3. The quantitative estimate of drug-likeness (QED) is 0.0274. The Morgan fingerprint density at radius 2 is 0.980 bits per heavy atom. The average molecular weight is 732 g/mol. The molecule has 0 heterocycles. The maximum atomic E-state index is 12.5. The Bertz CT molecular complexity index is 840. The molecule has 9 nitrogen and oxygen atoms in total. The molecule has 0 aromatic heterocycles. The first-order valence-corrected chi connectivity index (χ1v) is 22.2. The molecular formula is C40H78NO8P. The molecule has 0 aromatic carbocycles. The number of ether oxygens (including phenoxy) is 2. The van der Waals surface area contributed by atoms with Crippen LogP contribution in [0.2, 0.25) is 0 Å². The van der Waals surface area contributed by atoms with Crippen LogP contribution in [0.3, 0.4) is 0 Å². The summed E-state index contributed by atoms with van der Waals surface area (Å²) in [5.74, 6) is -0.839. The van der Waals surface area contributed by atoms with Crippen molar-refractivity contribution < 1.29 is 37.6 Å². The molecule has 0 aliphatic rings. The first-order valence-electron chi connectivity index (χ1n) is 20.7. The predicted octanol–water partition coefficient (Wildman–Crippen LogP) is 11.4. The van der Waals surface area contributed by atoms with E-state index in [0.29, 0.717) is 6.42 Å². The molecule has 0 bridgehead atoms. The zero-order valence-corrected chi connectivity index (χ0v) is 33.3. The van der Waals surface area contributed by atoms with E-state index in [1.165, 1.54) is 122 Å². The Balaban J connectivity index is 4.16. The molecule has 1 unspecified atom stereocenters. The predicted molar refractivity (Wildman–Crippen MR) is 206 cm³/mol. The minimum atomic E-state index is -4.37. The van der Waals surface area contributed by atoms with E-state index < -0.39 is 26.5 Å². The van der Waals surface area contributed by atoms with Gasteiger partial charge < -0.3 is 20.1 Å². The van der Waals surface area contributed by atoms with Gasteiger partial charge in [0.2, 0.25) is 0 Å². The molecule has 0 aromatic rings. The van der Waals surface area contributed by atoms with Crippen molar-refractivity contribution in [3.8, 4) is 0 Å². The van der Waals surface area contributed by atoms with E-state index in [1.807, 2.05) is 0 Å². The number of phosphoric ester groups is 1. The van der Waals surface area contributed by atoms with Gasteiger partial charge in [-0.25, -0.2) is 4.57 Å². The molecule has 10 heteroatoms. The number of carbonyl (C=O) groups excluding carboxylic acids is 2. The highest BCUT2D eigenvalue weighted by Crippen LogP contribution is 2.43. The summed E-state index contributed by atoms with van der Waals surface area (Å²) in [4.78, 5) is 34.8. The lowest BCUT2D eigenvalue weighted by Crippen LogP contribution is -2.29. The van der Waals surface area contributed by atoms with Gasteiger partial charge in [0.15, 0.2) is 6.10 Å². The normalized spacial score (nSPS) is 13.4. The smallest absolute Gasteiger partial charge is 0.462 e. The summed E-state index contributed by atoms with van der Waals surface area (Å²) in [5, 5.41) is 0. The summed E-state index contributed by atoms with van der Waals surface area (Å²) in [7, 11) is -4.37. The molecule has 0 amide bonds. The van der Waals surface area contributed by atoms with Gasteiger partial charge in [0.1, 0.15) is 6.61 Å². The molecule has 0 aliphatic carbocycles. The van der Waals surface area contributed by atoms with Crippen LogP contribution in [0.15, 0.2) is 12.2 Å². The summed E-state index contributed by atoms with van der Waals surface area (Å²) in [6.45, 7) is 3.72. The standard InChI is InChI=1S/C40H78NO8P/c1-3-5-7-9-11-13-15-17-18-19-21-22-24-26-28-30-32-39(42)46-36-38(37-48-50(44,45)47-35-34-41)49-40(43)33-31-29-27-25-23-20-16-14-12-10-8-6-4-2/h20,23,38H,3-19,21-22,24-37,41H2,1-2H3,(H,44,45)/b23-20+/t38-/m1/s1. The van der Waals surface area contributed by atoms with Gasteiger partial charge in [0.05, 0.1) is 13.2 Å². The second kappa shape index (κ2) is 37.5. The van der Waals surface area contributed by atoms with Crippen LogP contribution in [0.25, 0.3) is 0 Å². The fourth-order valence-corrected chi connectivity index (χ4v) is 6.57. The van der Waals surface area contributed by atoms with Crippen LogP contribution in [-0.2, 0) is 32.7 Å². The van der Waals surface area contributed by atoms with Crippen molar-refractivity contribution in [2.45, 2.75) is 206 Å². The van der Waals surface area contributed by atoms with Crippen molar-refractivity contribution in [3.63, 3.8) is 0 Å². The Hall–Kier alpha value is -1.25. The van der Waals surface area contributed by atoms with Crippen molar-refractivity contribution in [1.82, 2.24) is 0 Å². The van der Waals surface area contributed by atoms with Crippen LogP contribution in [-0.4, -0.2) is 49.3 Å². The van der Waals surface area contributed by atoms with Crippen LogP contribution in [0.4, 0.5) is 0 Å². The highest BCUT2D eigenvalue weighted by Gasteiger charge is 2.26. The van der Waals surface area contributed by atoms with Gasteiger partial charge in [-0.1, -0.05) is 161 Å². The molecule has 2 atom stereocenters. The lowest BCUT2D eigenvalue weighted by molar-refractivity contribution is -0.161. The lowest BCUT2D eigenvalue weighted by Gasteiger charge is -2.19. The summed E-state index contributed by atoms with van der Waals surface area (Å²) < 4.78 is 32.7. The number of allylic oxidation sites excluding steroid dienone is 2. The summed E-state index contributed by atoms with van der Waals surface area (Å²) in [6.07, 6.45) is 36.7. The largest absolute Gasteiger partial charge is 0.472 e. The number of unbranched alkanes of at least 4 members (excludes halogenated alkanes) is 24. The second-order valence-corrected chi connectivity index (χ2v) is 15.3. The summed E-state index contributed by atoms with van der Waals surface area (Å²) >= 11 is 0. The topological polar surface area (TPSA) is 134 Å². The number of carbonyl (C=O) groups is 2. The highest BCUT2D eigenvalue weighted by atomic mass is 31.2. The molecule has 0 aliphatic heterocycles. The molecule has 0 spiro atoms. The van der Waals surface area contributed by atoms with Gasteiger partial charge >= 0.3 is 19.8 Å². The monoisotopic (exact) mass is 732 g/mol. The van der Waals surface area contributed by atoms with E-state index in [2.05, 4.69) is 26.0 Å². The molecule has 3 N–H and O–H groups in total. The number of nitrogens with two attached hydrogens (primary N) is 1. The van der Waals surface area contributed by atoms with E-state index in [1.54, 1.807) is 0 Å². The first kappa shape index (κ1) is 48.8. The van der Waals surface area contributed by atoms with E-state index in [0.717, 1.165) is 44.9 Å². The zero-order chi connectivity index (χ0) is 36.8. The lowest BCUT2D eigenvalue weighted by atomic mass is 10.0. The number of rotatable bonds is 39. The maximum absolute atomic E-state index is 12.5. The van der Waals surface area contributed by atoms with Crippen molar-refractivity contribution >= 4 is 19.8 Å². The Labute approximate surface area is 307 Å². The molecule has 0 saturated heterocycles. The SMILES string of the molecule is CCCCCCCC/C=C/CCCCCC(=O)O[C@H](COC(=O)CCCCCCCCCCCCCCCCCC)COP(=O)(O)OCCN. The van der Waals surface area contributed by atoms with Crippen LogP contribution >= 0.6 is 7.82 Å². The third-order valence-corrected chi connectivity index (χ3v) is 9.89. The Kier molecular flexibility index (Phi) is 36.6. The van der Waals surface area contributed by atoms with Crippen LogP contribution < -0.4 is 5.73 Å². The number of hydrogen-bond donors (Lipinski definition) is 2. The van der Waals surface area contributed by atoms with Crippen molar-refractivity contribution in [2.75, 3.05) is 26.4 Å². The van der Waals surface area contributed by atoms with Gasteiger partial charge in [-0.05, 0) is 38.5 Å². The van der Waals surface area contributed by atoms with Crippen molar-refractivity contribution in [1.29, 1.82) is 0 Å². The molecule has 0 radical (unpaired) electrons. The molecule has 296 valence electrons. The summed E-state index contributed by atoms with van der Waals surface area (Å²) in [6, 6.07) is 0. The number of hydrogen-bond acceptors (Lipinski definition) is 8. The van der Waals surface area contributed by atoms with Gasteiger partial charge in [0.25, 0.3) is 0 Å². The van der Waals surface area contributed by atoms with Crippen molar-refractivity contribution in [3.05, 3.63) is 12.2 Å². The van der Waals surface area contributed by atoms with E-state index in [-0.39, 0.29) is 38.6 Å². The van der Waals surface area contributed by atoms with E-state index in [4.69, 9.17) is 24.3 Å². The maximum Gasteiger partial charge on any atom is 0.472 e. The second-order valence-electron chi connectivity index (χ2n) is 13.9. The average Bonchev–Trinajstić information content (AvgIpc) is 3.10. The minimum absolute atomic E-state index is 0.0538. The van der Waals surface area contributed by atoms with Crippen LogP contribution in [0.5, 0.6) is 0 Å². The third-order valence-electron chi connectivity index (χ3n) is 8.90. The number of phosphoric acid groups is 1. The Morgan fingerprint density at radius 1 is 0.580 bits per heavy atom. The van der Waals surface area contributed by atoms with Gasteiger partial charge in [-0.2, -0.15) is 0 Å². The Morgan fingerprint density at radius 3 is 1.44 bits per heavy atom. The number of esters is 2. The van der Waals surface area contributed by atoms with E-state index in [9.17, 15) is 19.0 Å². The fourth-order valence-electron chi connectivity index (χ4n) is 5.81. The van der Waals surface area contributed by atoms with Gasteiger partial charge in [-0.15, -0.1) is 0 Å². The molecule has 50 heavy (non-hydrogen) atoms. The summed E-state index contributed by atoms with van der Waals surface area (Å²) in [5.41, 5.74) is 5.34. The zero-order valence-electron chi connectivity index (χ0n) is 32.4. The van der Waals surface area contributed by atoms with Crippen molar-refractivity contribution in [2.24, 2.45) is 5.73 Å². The molecule has 0 saturated carbocycles. The van der Waals surface area contributed by atoms with Gasteiger partial charge in [-0.3, -0.25) is 18.6 Å². The highest BCUT2D eigenvalue weighted by molar-refractivity contribution is 7.47.